The van der Waals surface area contributed by atoms with Gasteiger partial charge < -0.3 is 45.4 Å². The molecule has 0 aromatic rings. The summed E-state index contributed by atoms with van der Waals surface area (Å²) in [5.41, 5.74) is 0. The van der Waals surface area contributed by atoms with E-state index in [1.165, 1.54) is 135 Å². The molecule has 0 aliphatic carbocycles. The van der Waals surface area contributed by atoms with Crippen molar-refractivity contribution in [3.63, 3.8) is 0 Å². The molecule has 340 valence electrons. The van der Waals surface area contributed by atoms with Crippen LogP contribution in [0.5, 0.6) is 0 Å². The van der Waals surface area contributed by atoms with E-state index in [1.807, 2.05) is 6.08 Å². The standard InChI is InChI=1S/C48H89NO9/c1-3-5-7-9-11-13-15-17-18-19-20-21-22-23-25-27-29-31-33-35-37-42(52)47(56)49-40(39-57-48-46(55)45(54)44(53)43(38-50)58-48)41(51)36-34-32-30-28-26-24-16-14-12-10-8-6-4-2/h17-18,26,28,34,36,40-46,48,50-55H,3-16,19-25,27,29-33,35,37-39H2,1-2H3,(H,49,56)/b18-17-,28-26-,36-34+/t40-,41+,42+,43+,44+,45-,46+,48+/m0/s1. The Bertz CT molecular complexity index is 1020. The van der Waals surface area contributed by atoms with Crippen LogP contribution in [0, 0.1) is 0 Å². The van der Waals surface area contributed by atoms with Gasteiger partial charge in [0, 0.05) is 0 Å². The molecule has 1 amide bonds. The number of carbonyl (C=O) groups excluding carboxylic acids is 1. The van der Waals surface area contributed by atoms with Gasteiger partial charge in [-0.25, -0.2) is 0 Å². The molecule has 1 aliphatic heterocycles. The van der Waals surface area contributed by atoms with E-state index in [-0.39, 0.29) is 6.61 Å². The number of rotatable bonds is 39. The summed E-state index contributed by atoms with van der Waals surface area (Å²) in [6.45, 7) is 3.57. The summed E-state index contributed by atoms with van der Waals surface area (Å²) >= 11 is 0. The normalized spacial score (nSPS) is 21.7. The molecule has 0 aromatic heterocycles. The van der Waals surface area contributed by atoms with Crippen molar-refractivity contribution in [1.82, 2.24) is 5.32 Å². The van der Waals surface area contributed by atoms with Crippen LogP contribution < -0.4 is 5.32 Å². The number of allylic oxidation sites excluding steroid dienone is 5. The van der Waals surface area contributed by atoms with Crippen LogP contribution in [0.4, 0.5) is 0 Å². The molecule has 1 heterocycles. The molecular formula is C48H89NO9. The minimum atomic E-state index is -1.61. The Hall–Kier alpha value is -1.63. The van der Waals surface area contributed by atoms with Gasteiger partial charge in [-0.3, -0.25) is 4.79 Å². The maximum atomic E-state index is 13.0. The number of carbonyl (C=O) groups is 1. The Morgan fingerprint density at radius 1 is 0.586 bits per heavy atom. The summed E-state index contributed by atoms with van der Waals surface area (Å²) in [6.07, 6.45) is 36.6. The Balaban J connectivity index is 2.38. The number of hydrogen-bond acceptors (Lipinski definition) is 9. The molecule has 0 spiro atoms. The van der Waals surface area contributed by atoms with Crippen molar-refractivity contribution in [1.29, 1.82) is 0 Å². The van der Waals surface area contributed by atoms with Gasteiger partial charge in [0.1, 0.15) is 30.5 Å². The van der Waals surface area contributed by atoms with Crippen LogP contribution in [0.3, 0.4) is 0 Å². The number of amides is 1. The van der Waals surface area contributed by atoms with E-state index in [1.54, 1.807) is 6.08 Å². The lowest BCUT2D eigenvalue weighted by Gasteiger charge is -2.40. The highest BCUT2D eigenvalue weighted by Crippen LogP contribution is 2.22. The molecule has 0 aromatic carbocycles. The fourth-order valence-electron chi connectivity index (χ4n) is 7.35. The second-order valence-corrected chi connectivity index (χ2v) is 16.7. The SMILES string of the molecule is CCCCCCCC/C=C\CCCCCCCCCCCC[C@@H](O)C(=O)N[C@@H](CO[C@@H]1O[C@H](CO)[C@@H](O)[C@H](O)[C@H]1O)[C@H](O)/C=C/CC/C=C\CCCCCCCCC. The minimum Gasteiger partial charge on any atom is -0.394 e. The van der Waals surface area contributed by atoms with E-state index in [4.69, 9.17) is 9.47 Å². The van der Waals surface area contributed by atoms with Crippen LogP contribution in [0.15, 0.2) is 36.5 Å². The van der Waals surface area contributed by atoms with E-state index in [0.29, 0.717) is 19.3 Å². The van der Waals surface area contributed by atoms with Gasteiger partial charge in [-0.15, -0.1) is 0 Å². The number of nitrogens with one attached hydrogen (secondary N) is 1. The molecule has 1 aliphatic rings. The minimum absolute atomic E-state index is 0.302. The molecule has 0 bridgehead atoms. The molecule has 0 radical (unpaired) electrons. The van der Waals surface area contributed by atoms with Gasteiger partial charge in [0.25, 0.3) is 0 Å². The summed E-state index contributed by atoms with van der Waals surface area (Å²) in [7, 11) is 0. The molecule has 10 nitrogen and oxygen atoms in total. The number of aliphatic hydroxyl groups is 6. The van der Waals surface area contributed by atoms with Crippen LogP contribution in [0.1, 0.15) is 200 Å². The molecule has 7 N–H and O–H groups in total. The molecular weight excluding hydrogens is 735 g/mol. The van der Waals surface area contributed by atoms with E-state index < -0.39 is 61.5 Å². The zero-order chi connectivity index (χ0) is 42.5. The van der Waals surface area contributed by atoms with Crippen molar-refractivity contribution in [2.75, 3.05) is 13.2 Å². The molecule has 1 rings (SSSR count). The van der Waals surface area contributed by atoms with Crippen molar-refractivity contribution >= 4 is 5.91 Å². The van der Waals surface area contributed by atoms with Gasteiger partial charge in [0.05, 0.1) is 25.4 Å². The van der Waals surface area contributed by atoms with Crippen LogP contribution >= 0.6 is 0 Å². The Morgan fingerprint density at radius 3 is 1.50 bits per heavy atom. The summed E-state index contributed by atoms with van der Waals surface area (Å²) in [5, 5.41) is 64.6. The first-order valence-corrected chi connectivity index (χ1v) is 23.8. The van der Waals surface area contributed by atoms with Crippen LogP contribution in [-0.4, -0.2) is 98.7 Å². The highest BCUT2D eigenvalue weighted by molar-refractivity contribution is 5.80. The van der Waals surface area contributed by atoms with Crippen molar-refractivity contribution < 1.29 is 44.9 Å². The van der Waals surface area contributed by atoms with Crippen LogP contribution in [-0.2, 0) is 14.3 Å². The maximum absolute atomic E-state index is 13.0. The van der Waals surface area contributed by atoms with Gasteiger partial charge in [0.2, 0.25) is 5.91 Å². The molecule has 0 unspecified atom stereocenters. The van der Waals surface area contributed by atoms with Crippen molar-refractivity contribution in [3.05, 3.63) is 36.5 Å². The Labute approximate surface area is 354 Å². The average molecular weight is 824 g/mol. The lowest BCUT2D eigenvalue weighted by atomic mass is 9.99. The molecule has 10 heteroatoms. The highest BCUT2D eigenvalue weighted by Gasteiger charge is 2.44. The third-order valence-corrected chi connectivity index (χ3v) is 11.3. The monoisotopic (exact) mass is 824 g/mol. The summed E-state index contributed by atoms with van der Waals surface area (Å²) in [5.74, 6) is -0.628. The third kappa shape index (κ3) is 28.0. The quantitative estimate of drug-likeness (QED) is 0.0236. The number of ether oxygens (including phenoxy) is 2. The Morgan fingerprint density at radius 2 is 1.02 bits per heavy atom. The second-order valence-electron chi connectivity index (χ2n) is 16.7. The van der Waals surface area contributed by atoms with Crippen LogP contribution in [0.25, 0.3) is 0 Å². The predicted octanol–water partition coefficient (Wildman–Crippen LogP) is 9.03. The first-order chi connectivity index (χ1) is 28.3. The summed E-state index contributed by atoms with van der Waals surface area (Å²) in [4.78, 5) is 13.0. The Kier molecular flexibility index (Phi) is 35.9. The van der Waals surface area contributed by atoms with E-state index in [9.17, 15) is 35.4 Å². The van der Waals surface area contributed by atoms with Gasteiger partial charge in [-0.1, -0.05) is 179 Å². The van der Waals surface area contributed by atoms with Crippen LogP contribution in [0.2, 0.25) is 0 Å². The highest BCUT2D eigenvalue weighted by atomic mass is 16.7. The maximum Gasteiger partial charge on any atom is 0.249 e. The van der Waals surface area contributed by atoms with E-state index in [0.717, 1.165) is 32.1 Å². The number of hydrogen-bond donors (Lipinski definition) is 7. The van der Waals surface area contributed by atoms with Crippen molar-refractivity contribution in [2.45, 2.75) is 249 Å². The number of unbranched alkanes of at least 4 members (excludes halogenated alkanes) is 24. The van der Waals surface area contributed by atoms with Gasteiger partial charge >= 0.3 is 0 Å². The average Bonchev–Trinajstić information content (AvgIpc) is 3.22. The van der Waals surface area contributed by atoms with E-state index >= 15 is 0 Å². The molecule has 1 saturated heterocycles. The second kappa shape index (κ2) is 38.3. The van der Waals surface area contributed by atoms with Gasteiger partial charge in [0.15, 0.2) is 6.29 Å². The third-order valence-electron chi connectivity index (χ3n) is 11.3. The largest absolute Gasteiger partial charge is 0.394 e. The fourth-order valence-corrected chi connectivity index (χ4v) is 7.35. The van der Waals surface area contributed by atoms with Gasteiger partial charge in [-0.2, -0.15) is 0 Å². The fraction of sp³-hybridized carbons (Fsp3) is 0.854. The van der Waals surface area contributed by atoms with Crippen molar-refractivity contribution in [3.8, 4) is 0 Å². The van der Waals surface area contributed by atoms with E-state index in [2.05, 4.69) is 43.5 Å². The number of aliphatic hydroxyl groups excluding tert-OH is 6. The zero-order valence-corrected chi connectivity index (χ0v) is 36.9. The molecule has 58 heavy (non-hydrogen) atoms. The predicted molar refractivity (Wildman–Crippen MR) is 236 cm³/mol. The molecule has 0 saturated carbocycles. The smallest absolute Gasteiger partial charge is 0.249 e. The lowest BCUT2D eigenvalue weighted by Crippen LogP contribution is -2.60. The first-order valence-electron chi connectivity index (χ1n) is 23.8. The van der Waals surface area contributed by atoms with Crippen molar-refractivity contribution in [2.24, 2.45) is 0 Å². The van der Waals surface area contributed by atoms with Gasteiger partial charge in [-0.05, 0) is 57.8 Å². The molecule has 1 fully saturated rings. The molecule has 8 atom stereocenters. The zero-order valence-electron chi connectivity index (χ0n) is 36.9. The summed E-state index contributed by atoms with van der Waals surface area (Å²) < 4.78 is 11.1. The topological polar surface area (TPSA) is 169 Å². The summed E-state index contributed by atoms with van der Waals surface area (Å²) in [6, 6.07) is -0.995. The lowest BCUT2D eigenvalue weighted by molar-refractivity contribution is -0.302. The first kappa shape index (κ1) is 54.4.